The van der Waals surface area contributed by atoms with Crippen molar-refractivity contribution in [1.29, 1.82) is 5.41 Å². The fraction of sp³-hybridized carbons (Fsp3) is 0.571. The topological polar surface area (TPSA) is 604 Å². The summed E-state index contributed by atoms with van der Waals surface area (Å²) in [4.78, 5) is 195. The number of nitrogens with two attached hydrogens (primary N) is 4. The Kier molecular flexibility index (Phi) is 36.5. The van der Waals surface area contributed by atoms with Crippen LogP contribution in [0.2, 0.25) is 0 Å². The molecular formula is C56H88N20O17S4. The number of nitrogens with one attached hydrogen (secondary N) is 14. The zero-order chi connectivity index (χ0) is 72.5. The number of aromatic hydroxyl groups is 1. The van der Waals surface area contributed by atoms with Gasteiger partial charge < -0.3 is 112 Å². The molecule has 12 atom stereocenters. The lowest BCUT2D eigenvalue weighted by Crippen LogP contribution is -2.60. The molecule has 0 bridgehead atoms. The molecule has 0 saturated carbocycles. The summed E-state index contributed by atoms with van der Waals surface area (Å²) in [6.45, 7) is -0.0770. The molecule has 2 aromatic rings. The number of carboxylic acid groups (broad SMARTS) is 1. The summed E-state index contributed by atoms with van der Waals surface area (Å²) >= 11 is 16.5. The predicted molar refractivity (Wildman–Crippen MR) is 361 cm³/mol. The molecule has 1 aliphatic rings. The molecule has 37 nitrogen and oxygen atoms in total. The summed E-state index contributed by atoms with van der Waals surface area (Å²) in [6, 6.07) is -11.9. The maximum Gasteiger partial charge on any atom is 0.327 e. The molecule has 97 heavy (non-hydrogen) atoms. The number of rotatable bonds is 43. The molecule has 0 radical (unpaired) electrons. The van der Waals surface area contributed by atoms with Crippen LogP contribution in [0.5, 0.6) is 5.75 Å². The fourth-order valence-electron chi connectivity index (χ4n) is 9.32. The zero-order valence-corrected chi connectivity index (χ0v) is 56.5. The van der Waals surface area contributed by atoms with Gasteiger partial charge in [0.2, 0.25) is 76.8 Å². The maximum atomic E-state index is 14.4. The van der Waals surface area contributed by atoms with E-state index in [2.05, 4.69) is 124 Å². The number of primary amides is 1. The summed E-state index contributed by atoms with van der Waals surface area (Å²) in [6.07, 6.45) is 2.86. The van der Waals surface area contributed by atoms with E-state index in [9.17, 15) is 82.4 Å². The summed E-state index contributed by atoms with van der Waals surface area (Å²) < 4.78 is 0. The summed E-state index contributed by atoms with van der Waals surface area (Å²) in [5, 5.41) is 65.4. The van der Waals surface area contributed by atoms with Crippen LogP contribution in [0.4, 0.5) is 0 Å². The highest BCUT2D eigenvalue weighted by molar-refractivity contribution is 7.80. The van der Waals surface area contributed by atoms with E-state index in [0.717, 1.165) is 0 Å². The highest BCUT2D eigenvalue weighted by Gasteiger charge is 2.41. The summed E-state index contributed by atoms with van der Waals surface area (Å²) in [5.74, 6) is -15.3. The van der Waals surface area contributed by atoms with Crippen LogP contribution in [-0.4, -0.2) is 247 Å². The number of likely N-dealkylation sites (tertiary alicyclic amines) is 1. The third-order valence-corrected chi connectivity index (χ3v) is 16.1. The minimum atomic E-state index is -1.83. The van der Waals surface area contributed by atoms with Crippen molar-refractivity contribution in [3.63, 3.8) is 0 Å². The Morgan fingerprint density at radius 1 is 0.629 bits per heavy atom. The lowest BCUT2D eigenvalue weighted by Gasteiger charge is -2.30. The van der Waals surface area contributed by atoms with Crippen LogP contribution in [0.25, 0.3) is 0 Å². The van der Waals surface area contributed by atoms with E-state index in [4.69, 9.17) is 28.3 Å². The minimum Gasteiger partial charge on any atom is -0.508 e. The number of carboxylic acids is 1. The van der Waals surface area contributed by atoms with Crippen molar-refractivity contribution in [1.82, 2.24) is 78.7 Å². The number of imidazole rings is 1. The normalized spacial score (nSPS) is 16.0. The monoisotopic (exact) mass is 1440 g/mol. The third-order valence-electron chi connectivity index (χ3n) is 14.6. The van der Waals surface area contributed by atoms with E-state index in [1.165, 1.54) is 48.6 Å². The van der Waals surface area contributed by atoms with Crippen molar-refractivity contribution >= 4 is 139 Å². The molecule has 2 heterocycles. The van der Waals surface area contributed by atoms with E-state index in [1.807, 2.05) is 0 Å². The van der Waals surface area contributed by atoms with Gasteiger partial charge >= 0.3 is 5.97 Å². The van der Waals surface area contributed by atoms with Gasteiger partial charge in [0.05, 0.1) is 37.6 Å². The molecule has 13 amide bonds. The van der Waals surface area contributed by atoms with E-state index < -0.39 is 175 Å². The molecule has 1 aromatic heterocycles. The number of H-pyrrole nitrogens is 1. The van der Waals surface area contributed by atoms with Crippen LogP contribution >= 0.6 is 50.5 Å². The number of aliphatic hydroxyl groups is 1. The number of phenols is 1. The molecule has 0 unspecified atom stereocenters. The Hall–Kier alpha value is -8.64. The van der Waals surface area contributed by atoms with Crippen molar-refractivity contribution in [3.8, 4) is 5.75 Å². The molecule has 25 N–H and O–H groups in total. The number of amides is 13. The molecule has 1 aromatic carbocycles. The lowest BCUT2D eigenvalue weighted by atomic mass is 10.0. The number of thiol groups is 4. The van der Waals surface area contributed by atoms with Crippen molar-refractivity contribution in [2.75, 3.05) is 55.8 Å². The molecule has 0 aliphatic carbocycles. The highest BCUT2D eigenvalue weighted by Crippen LogP contribution is 2.21. The Labute approximate surface area is 579 Å². The standard InChI is InChI=1S/C56H88N20O17S4/c1-27(66-53(90)41-8-5-15-76(41)54(91)35(17-29-19-62-26-65-29)70-51(88)39(24-96)74-52(89)38(23-95)73-45(82)31(58)6-4-14-63-56(60)61)44(81)72-37(22-94)46(83)64-20-43(80)67-32(7-2-3-13-57)47(84)69-34(18-42(59)79)49(86)68-33(16-28-9-11-30(78)12-10-28)48(85)71-36(21-77)50(87)75-40(25-97)55(92)93/h9-12,19,26-27,31-41,77-78,94-97H,2-8,13-18,20-25,57-58H2,1H3,(H2,59,79)(H,62,65)(H,64,83)(H,66,90)(H,67,80)(H,68,86)(H,69,84)(H,70,88)(H,71,85)(H,72,81)(H,73,82)(H,74,89)(H,75,87)(H,92,93)(H4,60,61,63)/t27-,31-,32-,33-,34-,35-,36-,37-,38-,39-,40-,41-/m0/s1. The van der Waals surface area contributed by atoms with E-state index >= 15 is 0 Å². The lowest BCUT2D eigenvalue weighted by molar-refractivity contribution is -0.142. The first-order valence-electron chi connectivity index (χ1n) is 30.5. The average Bonchev–Trinajstić information content (AvgIpc) is 1.77. The first-order chi connectivity index (χ1) is 46.0. The Balaban J connectivity index is 1.69. The van der Waals surface area contributed by atoms with E-state index in [-0.39, 0.29) is 92.9 Å². The van der Waals surface area contributed by atoms with Gasteiger partial charge in [-0.1, -0.05) is 12.1 Å². The maximum absolute atomic E-state index is 14.4. The molecular weight excluding hydrogens is 1350 g/mol. The SMILES string of the molecule is C[C@H](NC(=O)[C@@H]1CCCN1C(=O)[C@H](Cc1c[nH]cn1)NC(=O)[C@H](CS)NC(=O)[C@H](CS)NC(=O)[C@@H](N)CCCNC(=N)N)C(=O)N[C@@H](CS)C(=O)NCC(=O)N[C@@H](CCCCN)C(=O)N[C@@H](CC(N)=O)C(=O)N[C@@H](Cc1ccc(O)cc1)C(=O)N[C@@H](CO)C(=O)N[C@@H](CS)C(=O)O. The van der Waals surface area contributed by atoms with Gasteiger partial charge in [-0.25, -0.2) is 9.78 Å². The molecule has 3 rings (SSSR count). The molecule has 0 spiro atoms. The summed E-state index contributed by atoms with van der Waals surface area (Å²) in [5.41, 5.74) is 23.1. The minimum absolute atomic E-state index is 0.0422. The van der Waals surface area contributed by atoms with Gasteiger partial charge in [0.15, 0.2) is 5.96 Å². The molecule has 538 valence electrons. The van der Waals surface area contributed by atoms with Gasteiger partial charge in [0.1, 0.15) is 72.2 Å². The number of aromatic nitrogens is 2. The second-order valence-corrected chi connectivity index (χ2v) is 23.6. The van der Waals surface area contributed by atoms with Gasteiger partial charge in [-0.05, 0) is 76.1 Å². The predicted octanol–water partition coefficient (Wildman–Crippen LogP) is -8.73. The third kappa shape index (κ3) is 28.5. The number of hydrogen-bond acceptors (Lipinski definition) is 24. The number of carbonyl (C=O) groups is 14. The molecule has 41 heteroatoms. The van der Waals surface area contributed by atoms with E-state index in [1.54, 1.807) is 0 Å². The van der Waals surface area contributed by atoms with Crippen molar-refractivity contribution in [3.05, 3.63) is 48.0 Å². The smallest absolute Gasteiger partial charge is 0.327 e. The van der Waals surface area contributed by atoms with Gasteiger partial charge in [-0.3, -0.25) is 67.7 Å². The van der Waals surface area contributed by atoms with Crippen LogP contribution < -0.4 is 86.7 Å². The van der Waals surface area contributed by atoms with Crippen molar-refractivity contribution in [2.45, 2.75) is 144 Å². The Bertz CT molecular complexity index is 3050. The number of guanidine groups is 1. The Morgan fingerprint density at radius 2 is 1.15 bits per heavy atom. The van der Waals surface area contributed by atoms with Crippen LogP contribution in [0.15, 0.2) is 36.8 Å². The van der Waals surface area contributed by atoms with Crippen molar-refractivity contribution in [2.24, 2.45) is 22.9 Å². The van der Waals surface area contributed by atoms with E-state index in [0.29, 0.717) is 30.5 Å². The molecule has 1 fully saturated rings. The van der Waals surface area contributed by atoms with Crippen molar-refractivity contribution < 1.29 is 82.4 Å². The largest absolute Gasteiger partial charge is 0.508 e. The van der Waals surface area contributed by atoms with Crippen LogP contribution in [-0.2, 0) is 80.0 Å². The number of aliphatic hydroxyl groups excluding tert-OH is 1. The number of phenolic OH excluding ortho intramolecular Hbond substituents is 1. The number of nitrogens with zero attached hydrogens (tertiary/aromatic N) is 2. The number of benzene rings is 1. The van der Waals surface area contributed by atoms with Gasteiger partial charge in [0, 0.05) is 55.1 Å². The average molecular weight is 1440 g/mol. The van der Waals surface area contributed by atoms with Crippen LogP contribution in [0.3, 0.4) is 0 Å². The number of aromatic amines is 1. The Morgan fingerprint density at radius 3 is 1.72 bits per heavy atom. The number of hydrogen-bond donors (Lipinski definition) is 25. The van der Waals surface area contributed by atoms with Crippen LogP contribution in [0.1, 0.15) is 69.5 Å². The summed E-state index contributed by atoms with van der Waals surface area (Å²) in [7, 11) is 0. The second-order valence-electron chi connectivity index (χ2n) is 22.2. The first kappa shape index (κ1) is 82.6. The fourth-order valence-corrected chi connectivity index (χ4v) is 10.3. The zero-order valence-electron chi connectivity index (χ0n) is 52.9. The quantitative estimate of drug-likeness (QED) is 0.0127. The van der Waals surface area contributed by atoms with Gasteiger partial charge in [-0.15, -0.1) is 0 Å². The first-order valence-corrected chi connectivity index (χ1v) is 33.0. The number of carbonyl (C=O) groups excluding carboxylic acids is 13. The number of unbranched alkanes of at least 4 members (excludes halogenated alkanes) is 1. The number of aliphatic carboxylic acids is 1. The van der Waals surface area contributed by atoms with Gasteiger partial charge in [-0.2, -0.15) is 50.5 Å². The van der Waals surface area contributed by atoms with Gasteiger partial charge in [0.25, 0.3) is 0 Å². The van der Waals surface area contributed by atoms with Crippen LogP contribution in [0, 0.1) is 5.41 Å². The highest BCUT2D eigenvalue weighted by atomic mass is 32.1. The second kappa shape index (κ2) is 42.8. The molecule has 1 aliphatic heterocycles. The molecule has 1 saturated heterocycles.